The van der Waals surface area contributed by atoms with E-state index in [9.17, 15) is 5.26 Å². The lowest BCUT2D eigenvalue weighted by Crippen LogP contribution is -2.29. The van der Waals surface area contributed by atoms with Crippen LogP contribution in [0.15, 0.2) is 139 Å². The van der Waals surface area contributed by atoms with Gasteiger partial charge in [-0.2, -0.15) is 5.26 Å². The van der Waals surface area contributed by atoms with Crippen molar-refractivity contribution in [3.63, 3.8) is 0 Å². The number of hydrogen-bond acceptors (Lipinski definition) is 3. The number of nitriles is 1. The molecule has 0 amide bonds. The van der Waals surface area contributed by atoms with Gasteiger partial charge in [0, 0.05) is 28.0 Å². The minimum absolute atomic E-state index is 0.0675. The second-order valence-electron chi connectivity index (χ2n) is 14.0. The Morgan fingerprint density at radius 3 is 2.12 bits per heavy atom. The number of hydrogen-bond donors (Lipinski definition) is 0. The third-order valence-electron chi connectivity index (χ3n) is 11.3. The quantitative estimate of drug-likeness (QED) is 0.194. The summed E-state index contributed by atoms with van der Waals surface area (Å²) >= 11 is 0. The summed E-state index contributed by atoms with van der Waals surface area (Å²) in [5.41, 5.74) is 13.2. The molecule has 9 rings (SSSR count). The van der Waals surface area contributed by atoms with Crippen LogP contribution in [-0.4, -0.2) is 9.97 Å². The smallest absolute Gasteiger partial charge is 0.160 e. The van der Waals surface area contributed by atoms with Crippen LogP contribution in [0.5, 0.6) is 0 Å². The summed E-state index contributed by atoms with van der Waals surface area (Å²) in [5.74, 6) is 0.778. The van der Waals surface area contributed by atoms with Gasteiger partial charge >= 0.3 is 0 Å². The van der Waals surface area contributed by atoms with Gasteiger partial charge in [0.1, 0.15) is 0 Å². The first kappa shape index (κ1) is 29.5. The highest BCUT2D eigenvalue weighted by Gasteiger charge is 2.48. The highest BCUT2D eigenvalue weighted by atomic mass is 14.9. The zero-order valence-corrected chi connectivity index (χ0v) is 27.7. The van der Waals surface area contributed by atoms with Crippen molar-refractivity contribution in [3.05, 3.63) is 150 Å². The molecule has 49 heavy (non-hydrogen) atoms. The monoisotopic (exact) mass is 631 g/mol. The summed E-state index contributed by atoms with van der Waals surface area (Å²) in [7, 11) is 0. The molecule has 6 aromatic rings. The summed E-state index contributed by atoms with van der Waals surface area (Å²) in [6, 6.07) is 45.8. The second-order valence-corrected chi connectivity index (χ2v) is 14.0. The van der Waals surface area contributed by atoms with Gasteiger partial charge in [0.25, 0.3) is 0 Å². The van der Waals surface area contributed by atoms with Crippen molar-refractivity contribution < 1.29 is 0 Å². The molecule has 2 atom stereocenters. The van der Waals surface area contributed by atoms with Crippen LogP contribution >= 0.6 is 0 Å². The van der Waals surface area contributed by atoms with E-state index in [2.05, 4.69) is 128 Å². The van der Waals surface area contributed by atoms with Gasteiger partial charge in [-0.1, -0.05) is 148 Å². The molecule has 0 saturated heterocycles. The fourth-order valence-electron chi connectivity index (χ4n) is 8.77. The Kier molecular flexibility index (Phi) is 7.13. The summed E-state index contributed by atoms with van der Waals surface area (Å²) < 4.78 is 0. The summed E-state index contributed by atoms with van der Waals surface area (Å²) in [6.45, 7) is 2.25. The Bertz CT molecular complexity index is 2330. The first-order valence-corrected chi connectivity index (χ1v) is 17.6. The molecular weight excluding hydrogens is 595 g/mol. The molecule has 1 saturated carbocycles. The van der Waals surface area contributed by atoms with Gasteiger partial charge in [0.2, 0.25) is 0 Å². The Hall–Kier alpha value is -5.59. The maximum atomic E-state index is 10.1. The van der Waals surface area contributed by atoms with E-state index in [1.54, 1.807) is 0 Å². The normalized spacial score (nSPS) is 19.1. The van der Waals surface area contributed by atoms with Crippen molar-refractivity contribution in [2.24, 2.45) is 11.8 Å². The molecule has 1 fully saturated rings. The van der Waals surface area contributed by atoms with Gasteiger partial charge in [-0.05, 0) is 69.1 Å². The van der Waals surface area contributed by atoms with Crippen LogP contribution in [0.1, 0.15) is 50.2 Å². The molecule has 3 heteroatoms. The van der Waals surface area contributed by atoms with Gasteiger partial charge in [0.05, 0.1) is 23.4 Å². The maximum absolute atomic E-state index is 10.1. The first-order valence-electron chi connectivity index (χ1n) is 17.6. The largest absolute Gasteiger partial charge is 0.228 e. The van der Waals surface area contributed by atoms with E-state index in [1.807, 2.05) is 18.2 Å². The molecule has 1 heterocycles. The van der Waals surface area contributed by atoms with Crippen LogP contribution in [0.3, 0.4) is 0 Å². The summed E-state index contributed by atoms with van der Waals surface area (Å²) in [4.78, 5) is 10.2. The third kappa shape index (κ3) is 4.86. The van der Waals surface area contributed by atoms with Crippen molar-refractivity contribution in [1.29, 1.82) is 5.26 Å². The molecule has 236 valence electrons. The zero-order valence-electron chi connectivity index (χ0n) is 27.7. The van der Waals surface area contributed by atoms with Crippen molar-refractivity contribution in [2.45, 2.75) is 44.4 Å². The van der Waals surface area contributed by atoms with E-state index in [0.717, 1.165) is 33.9 Å². The topological polar surface area (TPSA) is 49.6 Å². The number of fused-ring (bicyclic) bond motifs is 5. The average molecular weight is 632 g/mol. The molecule has 0 N–H and O–H groups in total. The highest BCUT2D eigenvalue weighted by molar-refractivity contribution is 5.93. The van der Waals surface area contributed by atoms with Crippen LogP contribution in [0.25, 0.3) is 61.4 Å². The van der Waals surface area contributed by atoms with Crippen LogP contribution in [0.2, 0.25) is 0 Å². The summed E-state index contributed by atoms with van der Waals surface area (Å²) in [5, 5.41) is 12.5. The molecule has 0 radical (unpaired) electrons. The molecule has 3 nitrogen and oxygen atoms in total. The molecule has 5 aromatic carbocycles. The molecule has 3 aliphatic rings. The van der Waals surface area contributed by atoms with Crippen molar-refractivity contribution in [2.75, 3.05) is 0 Å². The lowest BCUT2D eigenvalue weighted by molar-refractivity contribution is 0.349. The van der Waals surface area contributed by atoms with E-state index in [1.165, 1.54) is 76.3 Å². The van der Waals surface area contributed by atoms with Crippen LogP contribution < -0.4 is 0 Å². The Morgan fingerprint density at radius 1 is 0.653 bits per heavy atom. The zero-order chi connectivity index (χ0) is 33.0. The molecule has 1 aromatic heterocycles. The molecule has 1 unspecified atom stereocenters. The second kappa shape index (κ2) is 11.8. The van der Waals surface area contributed by atoms with Crippen LogP contribution in [0, 0.1) is 23.2 Å². The lowest BCUT2D eigenvalue weighted by atomic mass is 9.65. The van der Waals surface area contributed by atoms with Crippen molar-refractivity contribution >= 4 is 16.3 Å². The Balaban J connectivity index is 1.15. The van der Waals surface area contributed by atoms with E-state index < -0.39 is 0 Å². The number of allylic oxidation sites excluding steroid dienone is 4. The SMILES string of the molecule is C[C@@H]1C2=C(C=CC1C#N)C1(CCCCC1)c1cccc(-c3ccc(-c4cc(-c5ccc6ccccc6c5)nc(-c5ccccc5)n4)cc3)c12. The van der Waals surface area contributed by atoms with Crippen LogP contribution in [-0.2, 0) is 5.41 Å². The fourth-order valence-corrected chi connectivity index (χ4v) is 8.77. The number of aromatic nitrogens is 2. The van der Waals surface area contributed by atoms with Gasteiger partial charge < -0.3 is 0 Å². The predicted octanol–water partition coefficient (Wildman–Crippen LogP) is 11.6. The predicted molar refractivity (Wildman–Crippen MR) is 200 cm³/mol. The van der Waals surface area contributed by atoms with Gasteiger partial charge in [0.15, 0.2) is 5.82 Å². The lowest BCUT2D eigenvalue weighted by Gasteiger charge is -2.38. The minimum Gasteiger partial charge on any atom is -0.228 e. The van der Waals surface area contributed by atoms with Gasteiger partial charge in [-0.15, -0.1) is 0 Å². The van der Waals surface area contributed by atoms with Crippen LogP contribution in [0.4, 0.5) is 0 Å². The van der Waals surface area contributed by atoms with E-state index in [0.29, 0.717) is 0 Å². The average Bonchev–Trinajstić information content (AvgIpc) is 3.44. The third-order valence-corrected chi connectivity index (χ3v) is 11.3. The fraction of sp³-hybridized carbons (Fsp3) is 0.196. The Morgan fingerprint density at radius 2 is 1.35 bits per heavy atom. The van der Waals surface area contributed by atoms with Crippen molar-refractivity contribution in [3.8, 4) is 51.1 Å². The molecule has 0 bridgehead atoms. The van der Waals surface area contributed by atoms with E-state index in [4.69, 9.17) is 9.97 Å². The standard InChI is InChI=1S/C46H37N3/c1-30-37(29-47)23-24-40-43(30)44-38(15-10-16-39(44)46(40)25-8-3-9-26-46)32-18-20-33(21-19-32)41-28-42(49-45(48-41)34-12-4-2-5-13-34)36-22-17-31-11-6-7-14-35(31)27-36/h2,4-7,10-24,27-28,30,37H,3,8-9,25-26H2,1H3/t30-,37?/m0/s1. The van der Waals surface area contributed by atoms with Crippen molar-refractivity contribution in [1.82, 2.24) is 9.97 Å². The number of nitrogens with zero attached hydrogens (tertiary/aromatic N) is 3. The maximum Gasteiger partial charge on any atom is 0.160 e. The molecule has 3 aliphatic carbocycles. The number of benzene rings is 5. The van der Waals surface area contributed by atoms with E-state index >= 15 is 0 Å². The molecule has 0 aliphatic heterocycles. The van der Waals surface area contributed by atoms with Gasteiger partial charge in [-0.25, -0.2) is 9.97 Å². The highest BCUT2D eigenvalue weighted by Crippen LogP contribution is 2.60. The minimum atomic E-state index is -0.103. The molecule has 1 spiro atoms. The summed E-state index contributed by atoms with van der Waals surface area (Å²) in [6.07, 6.45) is 10.7. The first-order chi connectivity index (χ1) is 24.1. The van der Waals surface area contributed by atoms with E-state index in [-0.39, 0.29) is 17.3 Å². The number of rotatable bonds is 4. The van der Waals surface area contributed by atoms with Gasteiger partial charge in [-0.3, -0.25) is 0 Å². The molecular formula is C46H37N3. The Labute approximate surface area is 288 Å².